The van der Waals surface area contributed by atoms with Crippen LogP contribution < -0.4 is 0 Å². The molecule has 1 unspecified atom stereocenters. The van der Waals surface area contributed by atoms with E-state index in [1.54, 1.807) is 12.1 Å². The summed E-state index contributed by atoms with van der Waals surface area (Å²) in [5.74, 6) is 0.943. The van der Waals surface area contributed by atoms with Gasteiger partial charge in [-0.05, 0) is 54.4 Å². The molecular weight excluding hydrogens is 436 g/mol. The van der Waals surface area contributed by atoms with Gasteiger partial charge in [-0.3, -0.25) is 9.59 Å². The Bertz CT molecular complexity index is 1240. The molecule has 0 aliphatic heterocycles. The van der Waals surface area contributed by atoms with Crippen molar-refractivity contribution in [3.8, 4) is 0 Å². The molecule has 35 heavy (non-hydrogen) atoms. The third-order valence-electron chi connectivity index (χ3n) is 8.37. The van der Waals surface area contributed by atoms with E-state index in [1.807, 2.05) is 37.3 Å². The number of furan rings is 1. The van der Waals surface area contributed by atoms with Gasteiger partial charge in [0.25, 0.3) is 0 Å². The maximum Gasteiger partial charge on any atom is 0.328 e. The molecule has 4 atom stereocenters. The van der Waals surface area contributed by atoms with Crippen molar-refractivity contribution in [2.45, 2.75) is 70.3 Å². The molecule has 1 aromatic heterocycles. The number of aryl methyl sites for hydroxylation is 1. The van der Waals surface area contributed by atoms with Crippen LogP contribution in [0.3, 0.4) is 0 Å². The number of esters is 1. The van der Waals surface area contributed by atoms with Gasteiger partial charge in [0.2, 0.25) is 0 Å². The Morgan fingerprint density at radius 2 is 1.71 bits per heavy atom. The summed E-state index contributed by atoms with van der Waals surface area (Å²) in [6.45, 7) is 8.53. The zero-order chi connectivity index (χ0) is 24.8. The number of benzene rings is 2. The van der Waals surface area contributed by atoms with Gasteiger partial charge in [0.15, 0.2) is 11.2 Å². The molecule has 2 aromatic carbocycles. The van der Waals surface area contributed by atoms with E-state index in [4.69, 9.17) is 9.15 Å². The molecule has 2 aliphatic carbocycles. The highest BCUT2D eigenvalue weighted by Gasteiger charge is 2.57. The summed E-state index contributed by atoms with van der Waals surface area (Å²) in [5, 5.41) is 0. The van der Waals surface area contributed by atoms with Gasteiger partial charge in [0.05, 0.1) is 0 Å². The molecular formula is C31H34O4. The number of fused-ring (bicyclic) bond motifs is 1. The molecule has 182 valence electrons. The predicted octanol–water partition coefficient (Wildman–Crippen LogP) is 6.59. The standard InChI is InChI=1S/C31H34O4/c1-20-14-16-25(30(3,4)23-11-6-5-7-12-23)26(18-20)35-29(33)31(27-17-15-21(2)34-27)19-22-10-8-9-13-24(22)28(31)32/h5-13,15,17,20,25-26H,14,16,18-19H2,1-4H3/t20-,25-,26-,31?/m1/s1. The highest BCUT2D eigenvalue weighted by Crippen LogP contribution is 2.46. The van der Waals surface area contributed by atoms with E-state index in [9.17, 15) is 9.59 Å². The van der Waals surface area contributed by atoms with Crippen LogP contribution in [0, 0.1) is 18.8 Å². The SMILES string of the molecule is Cc1ccc(C2(C(=O)O[C@@H]3C[C@H](C)CC[C@H]3C(C)(C)c3ccccc3)Cc3ccccc3C2=O)o1. The first-order valence-corrected chi connectivity index (χ1v) is 12.7. The fraction of sp³-hybridized carbons (Fsp3) is 0.419. The fourth-order valence-corrected chi connectivity index (χ4v) is 6.22. The van der Waals surface area contributed by atoms with Crippen LogP contribution in [-0.2, 0) is 26.8 Å². The zero-order valence-electron chi connectivity index (χ0n) is 21.0. The summed E-state index contributed by atoms with van der Waals surface area (Å²) in [6, 6.07) is 21.5. The van der Waals surface area contributed by atoms with E-state index < -0.39 is 11.4 Å². The Balaban J connectivity index is 1.51. The van der Waals surface area contributed by atoms with Crippen molar-refractivity contribution in [2.24, 2.45) is 11.8 Å². The summed E-state index contributed by atoms with van der Waals surface area (Å²) in [6.07, 6.45) is 2.86. The number of carbonyl (C=O) groups is 2. The van der Waals surface area contributed by atoms with Crippen molar-refractivity contribution in [3.05, 3.63) is 94.9 Å². The van der Waals surface area contributed by atoms with E-state index in [1.165, 1.54) is 5.56 Å². The quantitative estimate of drug-likeness (QED) is 0.312. The van der Waals surface area contributed by atoms with Crippen LogP contribution in [0.15, 0.2) is 71.1 Å². The van der Waals surface area contributed by atoms with Gasteiger partial charge >= 0.3 is 5.97 Å². The molecule has 5 rings (SSSR count). The summed E-state index contributed by atoms with van der Waals surface area (Å²) in [4.78, 5) is 28.0. The average Bonchev–Trinajstić information content (AvgIpc) is 3.41. The third-order valence-corrected chi connectivity index (χ3v) is 8.37. The summed E-state index contributed by atoms with van der Waals surface area (Å²) in [5.41, 5.74) is 1.03. The smallest absolute Gasteiger partial charge is 0.328 e. The number of ketones is 1. The lowest BCUT2D eigenvalue weighted by atomic mass is 9.64. The highest BCUT2D eigenvalue weighted by atomic mass is 16.5. The van der Waals surface area contributed by atoms with Crippen LogP contribution in [0.25, 0.3) is 0 Å². The first kappa shape index (κ1) is 23.6. The van der Waals surface area contributed by atoms with Gasteiger partial charge in [-0.1, -0.05) is 81.8 Å². The van der Waals surface area contributed by atoms with Crippen LogP contribution >= 0.6 is 0 Å². The molecule has 0 bridgehead atoms. The number of rotatable bonds is 5. The lowest BCUT2D eigenvalue weighted by molar-refractivity contribution is -0.162. The van der Waals surface area contributed by atoms with Crippen molar-refractivity contribution in [1.82, 2.24) is 0 Å². The Labute approximate surface area is 207 Å². The Hall–Kier alpha value is -3.14. The van der Waals surface area contributed by atoms with Gasteiger partial charge in [-0.25, -0.2) is 0 Å². The molecule has 1 saturated carbocycles. The first-order chi connectivity index (χ1) is 16.7. The van der Waals surface area contributed by atoms with E-state index >= 15 is 0 Å². The van der Waals surface area contributed by atoms with Gasteiger partial charge in [-0.15, -0.1) is 0 Å². The third kappa shape index (κ3) is 3.93. The maximum absolute atomic E-state index is 14.1. The van der Waals surface area contributed by atoms with Gasteiger partial charge in [0, 0.05) is 17.9 Å². The maximum atomic E-state index is 14.1. The second-order valence-corrected chi connectivity index (χ2v) is 11.0. The topological polar surface area (TPSA) is 56.5 Å². The minimum atomic E-state index is -1.47. The number of hydrogen-bond donors (Lipinski definition) is 0. The lowest BCUT2D eigenvalue weighted by Gasteiger charge is -2.44. The minimum Gasteiger partial charge on any atom is -0.465 e. The van der Waals surface area contributed by atoms with E-state index in [0.29, 0.717) is 23.0 Å². The van der Waals surface area contributed by atoms with E-state index in [0.717, 1.165) is 24.8 Å². The summed E-state index contributed by atoms with van der Waals surface area (Å²) in [7, 11) is 0. The molecule has 3 aromatic rings. The van der Waals surface area contributed by atoms with Crippen molar-refractivity contribution in [3.63, 3.8) is 0 Å². The molecule has 2 aliphatic rings. The number of Topliss-reactive ketones (excluding diaryl/α,β-unsaturated/α-hetero) is 1. The predicted molar refractivity (Wildman–Crippen MR) is 135 cm³/mol. The van der Waals surface area contributed by atoms with E-state index in [2.05, 4.69) is 45.0 Å². The van der Waals surface area contributed by atoms with Gasteiger partial charge in [0.1, 0.15) is 17.6 Å². The molecule has 4 nitrogen and oxygen atoms in total. The van der Waals surface area contributed by atoms with Crippen molar-refractivity contribution >= 4 is 11.8 Å². The van der Waals surface area contributed by atoms with Gasteiger partial charge < -0.3 is 9.15 Å². The normalized spacial score (nSPS) is 26.4. The van der Waals surface area contributed by atoms with Crippen LogP contribution in [-0.4, -0.2) is 17.9 Å². The molecule has 0 saturated heterocycles. The molecule has 4 heteroatoms. The van der Waals surface area contributed by atoms with Crippen LogP contribution in [0.5, 0.6) is 0 Å². The van der Waals surface area contributed by atoms with Crippen molar-refractivity contribution in [2.75, 3.05) is 0 Å². The van der Waals surface area contributed by atoms with Crippen LogP contribution in [0.2, 0.25) is 0 Å². The highest BCUT2D eigenvalue weighted by molar-refractivity contribution is 6.20. The van der Waals surface area contributed by atoms with E-state index in [-0.39, 0.29) is 29.6 Å². The second-order valence-electron chi connectivity index (χ2n) is 11.0. The second kappa shape index (κ2) is 8.82. The summed E-state index contributed by atoms with van der Waals surface area (Å²) >= 11 is 0. The largest absolute Gasteiger partial charge is 0.465 e. The van der Waals surface area contributed by atoms with Crippen molar-refractivity contribution < 1.29 is 18.7 Å². The fourth-order valence-electron chi connectivity index (χ4n) is 6.22. The zero-order valence-corrected chi connectivity index (χ0v) is 21.0. The Morgan fingerprint density at radius 3 is 2.40 bits per heavy atom. The molecule has 1 fully saturated rings. The average molecular weight is 471 g/mol. The van der Waals surface area contributed by atoms with Crippen LogP contribution in [0.1, 0.15) is 73.0 Å². The lowest BCUT2D eigenvalue weighted by Crippen LogP contribution is -2.49. The van der Waals surface area contributed by atoms with Gasteiger partial charge in [-0.2, -0.15) is 0 Å². The molecule has 0 radical (unpaired) electrons. The number of ether oxygens (including phenoxy) is 1. The molecule has 1 heterocycles. The molecule has 0 spiro atoms. The monoisotopic (exact) mass is 470 g/mol. The molecule has 0 amide bonds. The minimum absolute atomic E-state index is 0.152. The summed E-state index contributed by atoms with van der Waals surface area (Å²) < 4.78 is 12.4. The Kier molecular flexibility index (Phi) is 5.94. The number of carbonyl (C=O) groups excluding carboxylic acids is 2. The van der Waals surface area contributed by atoms with Crippen molar-refractivity contribution in [1.29, 1.82) is 0 Å². The van der Waals surface area contributed by atoms with Crippen LogP contribution in [0.4, 0.5) is 0 Å². The molecule has 0 N–H and O–H groups in total. The number of hydrogen-bond acceptors (Lipinski definition) is 4. The Morgan fingerprint density at radius 1 is 1.00 bits per heavy atom. The first-order valence-electron chi connectivity index (χ1n) is 12.7.